The molecular formula is C12H31NOSi2. The summed E-state index contributed by atoms with van der Waals surface area (Å²) in [6.45, 7) is 11.5. The minimum absolute atomic E-state index is 0.219. The van der Waals surface area contributed by atoms with Crippen LogP contribution in [0.5, 0.6) is 0 Å². The van der Waals surface area contributed by atoms with Gasteiger partial charge in [0.25, 0.3) is 0 Å². The predicted molar refractivity (Wildman–Crippen MR) is 79.4 cm³/mol. The molecule has 0 fully saturated rings. The minimum Gasteiger partial charge on any atom is -0.461 e. The van der Waals surface area contributed by atoms with E-state index in [0.29, 0.717) is 0 Å². The van der Waals surface area contributed by atoms with E-state index in [9.17, 15) is 0 Å². The molecular weight excluding hydrogens is 230 g/mol. The third-order valence-electron chi connectivity index (χ3n) is 2.49. The monoisotopic (exact) mass is 261 g/mol. The Labute approximate surface area is 106 Å². The van der Waals surface area contributed by atoms with Crippen LogP contribution in [0.2, 0.25) is 25.7 Å². The zero-order valence-corrected chi connectivity index (χ0v) is 14.2. The molecule has 0 aromatic heterocycles. The zero-order valence-electron chi connectivity index (χ0n) is 11.8. The van der Waals surface area contributed by atoms with Gasteiger partial charge in [-0.25, -0.2) is 0 Å². The van der Waals surface area contributed by atoms with Crippen molar-refractivity contribution in [2.24, 2.45) is 0 Å². The van der Waals surface area contributed by atoms with Gasteiger partial charge in [-0.1, -0.05) is 26.2 Å². The number of hydrogen-bond acceptors (Lipinski definition) is 2. The summed E-state index contributed by atoms with van der Waals surface area (Å²) in [4.78, 5) is 0. The van der Waals surface area contributed by atoms with Crippen LogP contribution in [-0.2, 0) is 4.12 Å². The molecule has 4 heteroatoms. The lowest BCUT2D eigenvalue weighted by Crippen LogP contribution is -2.27. The van der Waals surface area contributed by atoms with Crippen molar-refractivity contribution in [2.45, 2.75) is 64.7 Å². The molecule has 16 heavy (non-hydrogen) atoms. The summed E-state index contributed by atoms with van der Waals surface area (Å²) in [5.41, 5.74) is 0. The second kappa shape index (κ2) is 10.5. The van der Waals surface area contributed by atoms with E-state index in [1.807, 2.05) is 0 Å². The van der Waals surface area contributed by atoms with E-state index in [0.717, 1.165) is 0 Å². The van der Waals surface area contributed by atoms with Gasteiger partial charge in [0.2, 0.25) is 0 Å². The molecule has 0 aliphatic rings. The van der Waals surface area contributed by atoms with E-state index in [1.54, 1.807) is 0 Å². The third-order valence-corrected chi connectivity index (χ3v) is 7.56. The highest BCUT2D eigenvalue weighted by Gasteiger charge is 2.12. The Morgan fingerprint density at radius 1 is 1.00 bits per heavy atom. The Hall–Kier alpha value is 0.354. The maximum absolute atomic E-state index is 5.94. The highest BCUT2D eigenvalue weighted by atomic mass is 28.4. The molecule has 0 saturated heterocycles. The molecule has 0 amide bonds. The van der Waals surface area contributed by atoms with Gasteiger partial charge >= 0.3 is 0 Å². The molecule has 98 valence electrons. The van der Waals surface area contributed by atoms with Crippen molar-refractivity contribution < 1.29 is 4.12 Å². The summed E-state index contributed by atoms with van der Waals surface area (Å²) < 4.78 is 5.94. The molecule has 0 radical (unpaired) electrons. The van der Waals surface area contributed by atoms with Gasteiger partial charge in [0.1, 0.15) is 9.76 Å². The number of hydrogen-bond donors (Lipinski definition) is 1. The first kappa shape index (κ1) is 16.4. The van der Waals surface area contributed by atoms with Crippen molar-refractivity contribution in [1.29, 1.82) is 0 Å². The highest BCUT2D eigenvalue weighted by Crippen LogP contribution is 2.02. The standard InChI is InChI=1S/C12H31NOSi2/c1-5-6-7-8-10-13-11-9-12-15-14-16(2,3)4/h13H,5-12,15H2,1-4H3. The van der Waals surface area contributed by atoms with E-state index < -0.39 is 8.32 Å². The summed E-state index contributed by atoms with van der Waals surface area (Å²) >= 11 is 0. The third kappa shape index (κ3) is 14.4. The number of nitrogens with one attached hydrogen (secondary N) is 1. The van der Waals surface area contributed by atoms with E-state index >= 15 is 0 Å². The smallest absolute Gasteiger partial charge is 0.169 e. The molecule has 0 aromatic carbocycles. The summed E-state index contributed by atoms with van der Waals surface area (Å²) in [6, 6.07) is 1.34. The molecule has 0 aliphatic heterocycles. The van der Waals surface area contributed by atoms with Crippen molar-refractivity contribution in [1.82, 2.24) is 5.32 Å². The molecule has 0 aromatic rings. The van der Waals surface area contributed by atoms with E-state index in [-0.39, 0.29) is 9.76 Å². The lowest BCUT2D eigenvalue weighted by molar-refractivity contribution is 0.573. The van der Waals surface area contributed by atoms with Gasteiger partial charge in [0, 0.05) is 0 Å². The van der Waals surface area contributed by atoms with Crippen LogP contribution in [-0.4, -0.2) is 31.2 Å². The Morgan fingerprint density at radius 3 is 2.31 bits per heavy atom. The van der Waals surface area contributed by atoms with Gasteiger partial charge in [0.15, 0.2) is 8.32 Å². The fraction of sp³-hybridized carbons (Fsp3) is 1.00. The van der Waals surface area contributed by atoms with Gasteiger partial charge in [-0.3, -0.25) is 0 Å². The van der Waals surface area contributed by atoms with Crippen LogP contribution < -0.4 is 5.32 Å². The Kier molecular flexibility index (Phi) is 10.7. The van der Waals surface area contributed by atoms with Crippen LogP contribution in [0.25, 0.3) is 0 Å². The highest BCUT2D eigenvalue weighted by molar-refractivity contribution is 6.73. The van der Waals surface area contributed by atoms with E-state index in [2.05, 4.69) is 31.9 Å². The Balaban J connectivity index is 2.99. The van der Waals surface area contributed by atoms with E-state index in [1.165, 1.54) is 51.2 Å². The molecule has 0 bridgehead atoms. The summed E-state index contributed by atoms with van der Waals surface area (Å²) in [6.07, 6.45) is 6.76. The molecule has 0 aliphatic carbocycles. The summed E-state index contributed by atoms with van der Waals surface area (Å²) in [5.74, 6) is 0. The van der Waals surface area contributed by atoms with Gasteiger partial charge in [-0.15, -0.1) is 0 Å². The quantitative estimate of drug-likeness (QED) is 0.456. The fourth-order valence-electron chi connectivity index (χ4n) is 1.53. The number of unbranched alkanes of at least 4 members (excludes halogenated alkanes) is 3. The van der Waals surface area contributed by atoms with Crippen LogP contribution in [0.1, 0.15) is 39.0 Å². The molecule has 1 N–H and O–H groups in total. The van der Waals surface area contributed by atoms with Crippen molar-refractivity contribution >= 4 is 18.1 Å². The van der Waals surface area contributed by atoms with Crippen molar-refractivity contribution in [2.75, 3.05) is 13.1 Å². The average Bonchev–Trinajstić information content (AvgIpc) is 2.19. The van der Waals surface area contributed by atoms with Crippen LogP contribution in [0.3, 0.4) is 0 Å². The van der Waals surface area contributed by atoms with Crippen LogP contribution in [0.4, 0.5) is 0 Å². The zero-order chi connectivity index (χ0) is 12.3. The normalized spacial score (nSPS) is 12.8. The Morgan fingerprint density at radius 2 is 1.69 bits per heavy atom. The molecule has 2 nitrogen and oxygen atoms in total. The lowest BCUT2D eigenvalue weighted by atomic mass is 10.2. The molecule has 0 rings (SSSR count). The molecule has 0 saturated carbocycles. The predicted octanol–water partition coefficient (Wildman–Crippen LogP) is 2.90. The maximum atomic E-state index is 5.94. The largest absolute Gasteiger partial charge is 0.461 e. The first-order valence-corrected chi connectivity index (χ1v) is 11.9. The molecule has 0 spiro atoms. The molecule has 0 heterocycles. The topological polar surface area (TPSA) is 21.3 Å². The van der Waals surface area contributed by atoms with Gasteiger partial charge in [-0.2, -0.15) is 0 Å². The van der Waals surface area contributed by atoms with Crippen molar-refractivity contribution in [3.8, 4) is 0 Å². The summed E-state index contributed by atoms with van der Waals surface area (Å²) in [5, 5.41) is 3.52. The van der Waals surface area contributed by atoms with Crippen molar-refractivity contribution in [3.63, 3.8) is 0 Å². The van der Waals surface area contributed by atoms with E-state index in [4.69, 9.17) is 4.12 Å². The van der Waals surface area contributed by atoms with Crippen LogP contribution in [0.15, 0.2) is 0 Å². The second-order valence-corrected chi connectivity index (χ2v) is 12.0. The van der Waals surface area contributed by atoms with Crippen LogP contribution >= 0.6 is 0 Å². The summed E-state index contributed by atoms with van der Waals surface area (Å²) in [7, 11) is -1.42. The fourth-order valence-corrected chi connectivity index (χ4v) is 5.01. The minimum atomic E-state index is -1.21. The molecule has 0 unspecified atom stereocenters. The van der Waals surface area contributed by atoms with Crippen molar-refractivity contribution in [3.05, 3.63) is 0 Å². The first-order valence-electron chi connectivity index (χ1n) is 6.91. The van der Waals surface area contributed by atoms with Gasteiger partial charge < -0.3 is 9.43 Å². The first-order chi connectivity index (χ1) is 7.56. The maximum Gasteiger partial charge on any atom is 0.169 e. The Bertz CT molecular complexity index is 148. The van der Waals surface area contributed by atoms with Crippen LogP contribution in [0, 0.1) is 0 Å². The van der Waals surface area contributed by atoms with Gasteiger partial charge in [0.05, 0.1) is 0 Å². The lowest BCUT2D eigenvalue weighted by Gasteiger charge is -2.17. The second-order valence-electron chi connectivity index (χ2n) is 5.48. The SMILES string of the molecule is CCCCCCNCCC[SiH2]O[Si](C)(C)C. The van der Waals surface area contributed by atoms with Gasteiger partial charge in [-0.05, 0) is 51.6 Å². The average molecular weight is 262 g/mol. The number of rotatable bonds is 11. The molecule has 0 atom stereocenters.